The van der Waals surface area contributed by atoms with Crippen molar-refractivity contribution in [2.75, 3.05) is 30.3 Å². The molecule has 3 aromatic heterocycles. The van der Waals surface area contributed by atoms with Crippen molar-refractivity contribution in [1.82, 2.24) is 35.2 Å². The van der Waals surface area contributed by atoms with Gasteiger partial charge in [0.2, 0.25) is 5.91 Å². The zero-order chi connectivity index (χ0) is 24.6. The summed E-state index contributed by atoms with van der Waals surface area (Å²) in [5.74, 6) is 0.339. The van der Waals surface area contributed by atoms with E-state index in [9.17, 15) is 9.59 Å². The smallest absolute Gasteiger partial charge is 0.267 e. The molecule has 1 fully saturated rings. The molecule has 1 aromatic carbocycles. The second-order valence-corrected chi connectivity index (χ2v) is 10.3. The van der Waals surface area contributed by atoms with Gasteiger partial charge in [0.05, 0.1) is 23.6 Å². The molecule has 5 rings (SSSR count). The predicted octanol–water partition coefficient (Wildman–Crippen LogP) is 2.73. The summed E-state index contributed by atoms with van der Waals surface area (Å²) in [6, 6.07) is 5.64. The molecule has 4 heterocycles. The first-order valence-electron chi connectivity index (χ1n) is 11.3. The van der Waals surface area contributed by atoms with E-state index < -0.39 is 0 Å². The van der Waals surface area contributed by atoms with E-state index in [0.29, 0.717) is 28.9 Å². The summed E-state index contributed by atoms with van der Waals surface area (Å²) in [6.07, 6.45) is 4.98. The molecule has 0 aliphatic carbocycles. The zero-order valence-electron chi connectivity index (χ0n) is 19.8. The Hall–Kier alpha value is -3.77. The van der Waals surface area contributed by atoms with Crippen molar-refractivity contribution in [2.45, 2.75) is 32.9 Å². The number of carbonyl (C=O) groups is 2. The van der Waals surface area contributed by atoms with Crippen LogP contribution >= 0.6 is 11.3 Å². The Balaban J connectivity index is 1.21. The van der Waals surface area contributed by atoms with Crippen molar-refractivity contribution in [3.05, 3.63) is 47.2 Å². The minimum atomic E-state index is -0.248. The maximum Gasteiger partial charge on any atom is 0.267 e. The molecule has 1 aliphatic rings. The molecular weight excluding hydrogens is 466 g/mol. The van der Waals surface area contributed by atoms with Crippen molar-refractivity contribution >= 4 is 50.7 Å². The third-order valence-electron chi connectivity index (χ3n) is 5.90. The highest BCUT2D eigenvalue weighted by atomic mass is 32.1. The fraction of sp³-hybridized carbons (Fsp3) is 0.348. The van der Waals surface area contributed by atoms with Gasteiger partial charge in [-0.3, -0.25) is 19.4 Å². The normalized spacial score (nSPS) is 15.3. The number of anilines is 3. The summed E-state index contributed by atoms with van der Waals surface area (Å²) in [5, 5.41) is 22.3. The number of aryl methyl sites for hydroxylation is 1. The van der Waals surface area contributed by atoms with Crippen molar-refractivity contribution in [3.63, 3.8) is 0 Å². The highest BCUT2D eigenvalue weighted by molar-refractivity contribution is 7.17. The first-order valence-corrected chi connectivity index (χ1v) is 12.1. The molecule has 0 bridgehead atoms. The van der Waals surface area contributed by atoms with Crippen LogP contribution in [0.25, 0.3) is 10.9 Å². The number of benzene rings is 1. The average molecular weight is 494 g/mol. The number of nitrogens with zero attached hydrogens (tertiary/aromatic N) is 5. The Bertz CT molecular complexity index is 1390. The SMILES string of the molecule is Cc1ccc2[nH]ncc2c1NC(=O)c1cnc(Nc2ccn(CC(=O)N3CCNC(C)(C)C3)n2)s1. The fourth-order valence-electron chi connectivity index (χ4n) is 4.12. The van der Waals surface area contributed by atoms with Gasteiger partial charge in [0, 0.05) is 42.8 Å². The van der Waals surface area contributed by atoms with Crippen LogP contribution in [0.15, 0.2) is 36.8 Å². The minimum absolute atomic E-state index is 0.0327. The molecule has 2 amide bonds. The number of hydrogen-bond donors (Lipinski definition) is 4. The molecule has 0 unspecified atom stereocenters. The van der Waals surface area contributed by atoms with Gasteiger partial charge in [0.25, 0.3) is 5.91 Å². The number of amides is 2. The number of nitrogens with one attached hydrogen (secondary N) is 4. The largest absolute Gasteiger partial charge is 0.338 e. The van der Waals surface area contributed by atoms with Gasteiger partial charge in [-0.1, -0.05) is 17.4 Å². The van der Waals surface area contributed by atoms with E-state index in [-0.39, 0.29) is 23.9 Å². The quantitative estimate of drug-likeness (QED) is 0.325. The van der Waals surface area contributed by atoms with Crippen LogP contribution in [0, 0.1) is 6.92 Å². The van der Waals surface area contributed by atoms with Crippen LogP contribution in [0.3, 0.4) is 0 Å². The summed E-state index contributed by atoms with van der Waals surface area (Å²) < 4.78 is 1.61. The summed E-state index contributed by atoms with van der Waals surface area (Å²) in [6.45, 7) is 8.41. The molecule has 4 aromatic rings. The van der Waals surface area contributed by atoms with E-state index in [4.69, 9.17) is 0 Å². The Morgan fingerprint density at radius 2 is 2.09 bits per heavy atom. The Labute approximate surface area is 205 Å². The molecule has 182 valence electrons. The van der Waals surface area contributed by atoms with Gasteiger partial charge in [-0.2, -0.15) is 10.2 Å². The third kappa shape index (κ3) is 5.03. The molecule has 1 saturated heterocycles. The number of piperazine rings is 1. The third-order valence-corrected chi connectivity index (χ3v) is 6.81. The van der Waals surface area contributed by atoms with Gasteiger partial charge in [-0.15, -0.1) is 0 Å². The topological polar surface area (TPSA) is 133 Å². The number of aromatic amines is 1. The number of fused-ring (bicyclic) bond motifs is 1. The fourth-order valence-corrected chi connectivity index (χ4v) is 4.84. The van der Waals surface area contributed by atoms with E-state index in [0.717, 1.165) is 28.7 Å². The molecule has 0 saturated carbocycles. The first kappa shape index (κ1) is 23.0. The van der Waals surface area contributed by atoms with Crippen molar-refractivity contribution in [2.24, 2.45) is 0 Å². The van der Waals surface area contributed by atoms with Crippen LogP contribution in [0.2, 0.25) is 0 Å². The zero-order valence-corrected chi connectivity index (χ0v) is 20.6. The molecule has 11 nitrogen and oxygen atoms in total. The molecule has 4 N–H and O–H groups in total. The van der Waals surface area contributed by atoms with Gasteiger partial charge < -0.3 is 20.9 Å². The predicted molar refractivity (Wildman–Crippen MR) is 135 cm³/mol. The second kappa shape index (κ2) is 9.12. The lowest BCUT2D eigenvalue weighted by atomic mass is 10.0. The lowest BCUT2D eigenvalue weighted by molar-refractivity contribution is -0.134. The van der Waals surface area contributed by atoms with E-state index >= 15 is 0 Å². The second-order valence-electron chi connectivity index (χ2n) is 9.22. The van der Waals surface area contributed by atoms with Crippen molar-refractivity contribution in [1.29, 1.82) is 0 Å². The summed E-state index contributed by atoms with van der Waals surface area (Å²) in [4.78, 5) is 32.2. The Kier molecular flexibility index (Phi) is 5.99. The number of aromatic nitrogens is 5. The highest BCUT2D eigenvalue weighted by Crippen LogP contribution is 2.28. The molecule has 35 heavy (non-hydrogen) atoms. The van der Waals surface area contributed by atoms with Gasteiger partial charge in [0.1, 0.15) is 11.4 Å². The molecule has 1 aliphatic heterocycles. The van der Waals surface area contributed by atoms with Gasteiger partial charge >= 0.3 is 0 Å². The average Bonchev–Trinajstić information content (AvgIpc) is 3.56. The van der Waals surface area contributed by atoms with Crippen LogP contribution < -0.4 is 16.0 Å². The van der Waals surface area contributed by atoms with Gasteiger partial charge in [-0.25, -0.2) is 4.98 Å². The number of rotatable bonds is 6. The maximum absolute atomic E-state index is 12.9. The Morgan fingerprint density at radius 3 is 2.91 bits per heavy atom. The van der Waals surface area contributed by atoms with Crippen LogP contribution in [0.1, 0.15) is 29.1 Å². The standard InChI is InChI=1S/C23H27N9O2S/c1-14-4-5-16-15(10-26-29-16)20(14)28-21(34)17-11-24-22(35-17)27-18-6-8-32(30-18)12-19(33)31-9-7-25-23(2,3)13-31/h4-6,8,10-11,25H,7,9,12-13H2,1-3H3,(H,26,29)(H,28,34)(H,24,27,30). The van der Waals surface area contributed by atoms with Gasteiger partial charge in [-0.05, 0) is 32.4 Å². The monoisotopic (exact) mass is 493 g/mol. The van der Waals surface area contributed by atoms with E-state index in [1.807, 2.05) is 24.0 Å². The lowest BCUT2D eigenvalue weighted by Crippen LogP contribution is -2.58. The van der Waals surface area contributed by atoms with E-state index in [2.05, 4.69) is 50.1 Å². The number of H-pyrrole nitrogens is 1. The van der Waals surface area contributed by atoms with Crippen LogP contribution in [0.5, 0.6) is 0 Å². The number of thiazole rings is 1. The molecule has 0 radical (unpaired) electrons. The minimum Gasteiger partial charge on any atom is -0.338 e. The first-order chi connectivity index (χ1) is 16.8. The summed E-state index contributed by atoms with van der Waals surface area (Å²) in [7, 11) is 0. The van der Waals surface area contributed by atoms with E-state index in [1.54, 1.807) is 23.1 Å². The molecule has 0 atom stereocenters. The van der Waals surface area contributed by atoms with Crippen LogP contribution in [-0.2, 0) is 11.3 Å². The van der Waals surface area contributed by atoms with Gasteiger partial charge in [0.15, 0.2) is 10.9 Å². The summed E-state index contributed by atoms with van der Waals surface area (Å²) >= 11 is 1.22. The maximum atomic E-state index is 12.9. The summed E-state index contributed by atoms with van der Waals surface area (Å²) in [5.41, 5.74) is 2.43. The molecule has 12 heteroatoms. The number of hydrogen-bond acceptors (Lipinski definition) is 8. The number of carbonyl (C=O) groups excluding carboxylic acids is 2. The molecular formula is C23H27N9O2S. The lowest BCUT2D eigenvalue weighted by Gasteiger charge is -2.39. The highest BCUT2D eigenvalue weighted by Gasteiger charge is 2.28. The van der Waals surface area contributed by atoms with E-state index in [1.165, 1.54) is 17.5 Å². The Morgan fingerprint density at radius 1 is 1.23 bits per heavy atom. The van der Waals surface area contributed by atoms with Crippen LogP contribution in [0.4, 0.5) is 16.6 Å². The van der Waals surface area contributed by atoms with Crippen LogP contribution in [-0.4, -0.2) is 66.8 Å². The van der Waals surface area contributed by atoms with Crippen molar-refractivity contribution in [3.8, 4) is 0 Å². The molecule has 0 spiro atoms. The van der Waals surface area contributed by atoms with Crippen molar-refractivity contribution < 1.29 is 9.59 Å².